The van der Waals surface area contributed by atoms with Crippen molar-refractivity contribution in [3.05, 3.63) is 36.4 Å². The summed E-state index contributed by atoms with van der Waals surface area (Å²) in [7, 11) is 0. The van der Waals surface area contributed by atoms with Gasteiger partial charge in [0.2, 0.25) is 5.91 Å². The van der Waals surface area contributed by atoms with Gasteiger partial charge in [-0.05, 0) is 18.2 Å². The Hall–Kier alpha value is -2.02. The number of nitrogens with one attached hydrogen (secondary N) is 2. The van der Waals surface area contributed by atoms with E-state index in [1.807, 2.05) is 0 Å². The number of nitrogens with zero attached hydrogens (tertiary/aromatic N) is 1. The number of anilines is 2. The Balaban J connectivity index is 1.82. The number of rotatable bonds is 5. The predicted octanol–water partition coefficient (Wildman–Crippen LogP) is 2.25. The van der Waals surface area contributed by atoms with Gasteiger partial charge in [0.15, 0.2) is 5.16 Å². The van der Waals surface area contributed by atoms with Gasteiger partial charge < -0.3 is 16.0 Å². The lowest BCUT2D eigenvalue weighted by Gasteiger charge is -2.06. The Kier molecular flexibility index (Phi) is 4.40. The molecule has 1 amide bonds. The Bertz CT molecular complexity index is 559. The van der Waals surface area contributed by atoms with Gasteiger partial charge in [0.05, 0.1) is 5.69 Å². The summed E-state index contributed by atoms with van der Waals surface area (Å²) in [6, 6.07) is 4.06. The highest BCUT2D eigenvalue weighted by atomic mass is 32.2. The van der Waals surface area contributed by atoms with E-state index in [1.54, 1.807) is 12.4 Å². The Morgan fingerprint density at radius 1 is 1.53 bits per heavy atom. The Labute approximate surface area is 113 Å². The molecule has 0 saturated heterocycles. The number of carbonyl (C=O) groups is 1. The van der Waals surface area contributed by atoms with Crippen LogP contribution >= 0.6 is 11.8 Å². The normalized spacial score (nSPS) is 10.4. The third-order valence-corrected chi connectivity index (χ3v) is 3.21. The fraction of sp³-hybridized carbons (Fsp3) is 0.167. The molecular weight excluding hydrogens is 267 g/mol. The summed E-state index contributed by atoms with van der Waals surface area (Å²) in [6.07, 6.45) is 3.62. The van der Waals surface area contributed by atoms with Gasteiger partial charge in [-0.15, -0.1) is 0 Å². The third kappa shape index (κ3) is 3.99. The minimum Gasteiger partial charge on any atom is -0.399 e. The van der Waals surface area contributed by atoms with Crippen molar-refractivity contribution in [2.75, 3.05) is 16.8 Å². The number of carbonyl (C=O) groups excluding carboxylic acids is 1. The van der Waals surface area contributed by atoms with Crippen LogP contribution in [0.1, 0.15) is 6.42 Å². The van der Waals surface area contributed by atoms with E-state index in [0.29, 0.717) is 11.4 Å². The van der Waals surface area contributed by atoms with E-state index in [-0.39, 0.29) is 18.0 Å². The number of nitrogen functional groups attached to an aromatic ring is 1. The number of imidazole rings is 1. The van der Waals surface area contributed by atoms with Crippen molar-refractivity contribution in [3.8, 4) is 0 Å². The molecule has 2 aromatic rings. The first-order valence-electron chi connectivity index (χ1n) is 5.62. The van der Waals surface area contributed by atoms with Crippen LogP contribution in [0.4, 0.5) is 15.8 Å². The summed E-state index contributed by atoms with van der Waals surface area (Å²) in [6.45, 7) is 0. The second-order valence-corrected chi connectivity index (χ2v) is 4.86. The van der Waals surface area contributed by atoms with Crippen LogP contribution in [0, 0.1) is 5.82 Å². The molecule has 2 rings (SSSR count). The number of amides is 1. The predicted molar refractivity (Wildman–Crippen MR) is 73.4 cm³/mol. The monoisotopic (exact) mass is 280 g/mol. The summed E-state index contributed by atoms with van der Waals surface area (Å²) >= 11 is 1.43. The first-order chi connectivity index (χ1) is 9.15. The van der Waals surface area contributed by atoms with E-state index in [1.165, 1.54) is 30.0 Å². The summed E-state index contributed by atoms with van der Waals surface area (Å²) in [5.41, 5.74) is 6.04. The minimum absolute atomic E-state index is 0.105. The Morgan fingerprint density at radius 2 is 2.37 bits per heavy atom. The van der Waals surface area contributed by atoms with Crippen molar-refractivity contribution in [1.82, 2.24) is 9.97 Å². The van der Waals surface area contributed by atoms with E-state index in [9.17, 15) is 9.18 Å². The van der Waals surface area contributed by atoms with Crippen molar-refractivity contribution >= 4 is 29.0 Å². The molecule has 0 bridgehead atoms. The highest BCUT2D eigenvalue weighted by Crippen LogP contribution is 2.18. The second-order valence-electron chi connectivity index (χ2n) is 3.78. The van der Waals surface area contributed by atoms with Gasteiger partial charge in [-0.2, -0.15) is 0 Å². The van der Waals surface area contributed by atoms with Gasteiger partial charge in [-0.3, -0.25) is 4.79 Å². The van der Waals surface area contributed by atoms with Crippen LogP contribution in [0.5, 0.6) is 0 Å². The number of hydrogen-bond donors (Lipinski definition) is 3. The number of thioether (sulfide) groups is 1. The van der Waals surface area contributed by atoms with Crippen LogP contribution in [0.2, 0.25) is 0 Å². The molecule has 1 aromatic carbocycles. The molecule has 5 nitrogen and oxygen atoms in total. The summed E-state index contributed by atoms with van der Waals surface area (Å²) in [5, 5.41) is 3.25. The zero-order valence-electron chi connectivity index (χ0n) is 10.0. The van der Waals surface area contributed by atoms with Crippen LogP contribution in [0.25, 0.3) is 0 Å². The first-order valence-corrected chi connectivity index (χ1v) is 6.61. The molecule has 0 unspecified atom stereocenters. The molecule has 0 aliphatic heterocycles. The average Bonchev–Trinajstić information content (AvgIpc) is 2.87. The minimum atomic E-state index is -0.499. The maximum Gasteiger partial charge on any atom is 0.225 e. The van der Waals surface area contributed by atoms with Gasteiger partial charge in [0.1, 0.15) is 5.82 Å². The lowest BCUT2D eigenvalue weighted by Crippen LogP contribution is -2.13. The number of benzene rings is 1. The number of H-pyrrole nitrogens is 1. The zero-order chi connectivity index (χ0) is 13.7. The van der Waals surface area contributed by atoms with Crippen LogP contribution in [-0.4, -0.2) is 21.6 Å². The van der Waals surface area contributed by atoms with Gasteiger partial charge in [-0.25, -0.2) is 9.37 Å². The first kappa shape index (κ1) is 13.4. The van der Waals surface area contributed by atoms with E-state index < -0.39 is 5.82 Å². The number of halogens is 1. The summed E-state index contributed by atoms with van der Waals surface area (Å²) in [5.74, 6) is -0.201. The fourth-order valence-electron chi connectivity index (χ4n) is 1.42. The van der Waals surface area contributed by atoms with E-state index in [2.05, 4.69) is 15.3 Å². The van der Waals surface area contributed by atoms with Gasteiger partial charge in [0.25, 0.3) is 0 Å². The molecule has 100 valence electrons. The molecule has 0 spiro atoms. The van der Waals surface area contributed by atoms with E-state index in [4.69, 9.17) is 5.73 Å². The Morgan fingerprint density at radius 3 is 3.11 bits per heavy atom. The van der Waals surface area contributed by atoms with Crippen molar-refractivity contribution < 1.29 is 9.18 Å². The van der Waals surface area contributed by atoms with E-state index in [0.717, 1.165) is 5.16 Å². The van der Waals surface area contributed by atoms with Gasteiger partial charge in [-0.1, -0.05) is 11.8 Å². The van der Waals surface area contributed by atoms with Crippen molar-refractivity contribution in [1.29, 1.82) is 0 Å². The lowest BCUT2D eigenvalue weighted by molar-refractivity contribution is -0.115. The van der Waals surface area contributed by atoms with Crippen molar-refractivity contribution in [2.24, 2.45) is 0 Å². The summed E-state index contributed by atoms with van der Waals surface area (Å²) < 4.78 is 13.4. The SMILES string of the molecule is Nc1ccc(F)c(NC(=O)CCSc2ncc[nH]2)c1. The average molecular weight is 280 g/mol. The van der Waals surface area contributed by atoms with Crippen LogP contribution < -0.4 is 11.1 Å². The lowest BCUT2D eigenvalue weighted by atomic mass is 10.2. The fourth-order valence-corrected chi connectivity index (χ4v) is 2.19. The molecule has 19 heavy (non-hydrogen) atoms. The van der Waals surface area contributed by atoms with Crippen molar-refractivity contribution in [3.63, 3.8) is 0 Å². The molecule has 0 aliphatic rings. The molecule has 1 heterocycles. The van der Waals surface area contributed by atoms with Gasteiger partial charge >= 0.3 is 0 Å². The number of nitrogens with two attached hydrogens (primary N) is 1. The number of aromatic amines is 1. The zero-order valence-corrected chi connectivity index (χ0v) is 10.8. The third-order valence-electron chi connectivity index (χ3n) is 2.31. The van der Waals surface area contributed by atoms with Crippen molar-refractivity contribution in [2.45, 2.75) is 11.6 Å². The molecule has 0 aliphatic carbocycles. The molecule has 4 N–H and O–H groups in total. The smallest absolute Gasteiger partial charge is 0.225 e. The maximum atomic E-state index is 13.4. The quantitative estimate of drug-likeness (QED) is 0.579. The van der Waals surface area contributed by atoms with Gasteiger partial charge in [0, 0.05) is 30.3 Å². The number of aromatic nitrogens is 2. The highest BCUT2D eigenvalue weighted by molar-refractivity contribution is 7.99. The van der Waals surface area contributed by atoms with Crippen LogP contribution in [0.15, 0.2) is 35.7 Å². The molecular formula is C12H13FN4OS. The topological polar surface area (TPSA) is 83.8 Å². The molecule has 0 atom stereocenters. The largest absolute Gasteiger partial charge is 0.399 e. The molecule has 0 fully saturated rings. The maximum absolute atomic E-state index is 13.4. The van der Waals surface area contributed by atoms with E-state index >= 15 is 0 Å². The second kappa shape index (κ2) is 6.24. The van der Waals surface area contributed by atoms with Crippen LogP contribution in [0.3, 0.4) is 0 Å². The molecule has 0 saturated carbocycles. The van der Waals surface area contributed by atoms with Crippen LogP contribution in [-0.2, 0) is 4.79 Å². The molecule has 7 heteroatoms. The summed E-state index contributed by atoms with van der Waals surface area (Å²) in [4.78, 5) is 18.6. The highest BCUT2D eigenvalue weighted by Gasteiger charge is 2.08. The number of hydrogen-bond acceptors (Lipinski definition) is 4. The molecule has 1 aromatic heterocycles. The standard InChI is InChI=1S/C12H13FN4OS/c13-9-2-1-8(14)7-10(9)17-11(18)3-6-19-12-15-4-5-16-12/h1-2,4-5,7H,3,6,14H2,(H,15,16)(H,17,18). The molecule has 0 radical (unpaired) electrons.